The van der Waals surface area contributed by atoms with Crippen LogP contribution in [-0.2, 0) is 6.42 Å². The predicted molar refractivity (Wildman–Crippen MR) is 86.7 cm³/mol. The fourth-order valence-electron chi connectivity index (χ4n) is 4.26. The highest BCUT2D eigenvalue weighted by Crippen LogP contribution is 2.37. The zero-order valence-electron chi connectivity index (χ0n) is 13.3. The fraction of sp³-hybridized carbons (Fsp3) is 0.667. The second-order valence-corrected chi connectivity index (χ2v) is 6.48. The van der Waals surface area contributed by atoms with E-state index in [0.29, 0.717) is 6.04 Å². The van der Waals surface area contributed by atoms with E-state index >= 15 is 0 Å². The Balaban J connectivity index is 1.80. The molecule has 2 aliphatic rings. The maximum Gasteiger partial charge on any atom is 0.119 e. The van der Waals surface area contributed by atoms with E-state index in [4.69, 9.17) is 10.5 Å². The first-order valence-electron chi connectivity index (χ1n) is 8.42. The van der Waals surface area contributed by atoms with Gasteiger partial charge in [0, 0.05) is 18.1 Å². The molecule has 1 aromatic carbocycles. The van der Waals surface area contributed by atoms with Crippen LogP contribution in [0.4, 0.5) is 0 Å². The van der Waals surface area contributed by atoms with Crippen LogP contribution >= 0.6 is 0 Å². The minimum absolute atomic E-state index is 0.122. The maximum atomic E-state index is 6.60. The Morgan fingerprint density at radius 3 is 2.67 bits per heavy atom. The molecule has 21 heavy (non-hydrogen) atoms. The van der Waals surface area contributed by atoms with Gasteiger partial charge in [0.05, 0.1) is 7.11 Å². The van der Waals surface area contributed by atoms with Crippen LogP contribution in [0.5, 0.6) is 5.75 Å². The summed E-state index contributed by atoms with van der Waals surface area (Å²) in [5.74, 6) is 0.922. The molecule has 1 aromatic rings. The smallest absolute Gasteiger partial charge is 0.119 e. The summed E-state index contributed by atoms with van der Waals surface area (Å²) in [6.07, 6.45) is 7.94. The summed E-state index contributed by atoms with van der Waals surface area (Å²) in [5.41, 5.74) is 9.29. The maximum absolute atomic E-state index is 6.60. The van der Waals surface area contributed by atoms with Gasteiger partial charge >= 0.3 is 0 Å². The Bertz CT molecular complexity index is 482. The van der Waals surface area contributed by atoms with Gasteiger partial charge < -0.3 is 10.5 Å². The van der Waals surface area contributed by atoms with Crippen LogP contribution in [0.2, 0.25) is 0 Å². The molecule has 0 aromatic heterocycles. The van der Waals surface area contributed by atoms with Gasteiger partial charge in [0.15, 0.2) is 0 Å². The van der Waals surface area contributed by atoms with Gasteiger partial charge in [-0.3, -0.25) is 4.90 Å². The van der Waals surface area contributed by atoms with Crippen molar-refractivity contribution in [3.05, 3.63) is 29.3 Å². The number of benzene rings is 1. The van der Waals surface area contributed by atoms with Crippen molar-refractivity contribution >= 4 is 0 Å². The second-order valence-electron chi connectivity index (χ2n) is 6.48. The molecule has 0 spiro atoms. The molecule has 3 rings (SSSR count). The van der Waals surface area contributed by atoms with Crippen LogP contribution in [0.1, 0.15) is 56.2 Å². The summed E-state index contributed by atoms with van der Waals surface area (Å²) in [6, 6.07) is 7.70. The molecule has 1 saturated carbocycles. The molecule has 1 fully saturated rings. The molecule has 2 N–H and O–H groups in total. The molecule has 0 heterocycles. The third-order valence-corrected chi connectivity index (χ3v) is 5.39. The Labute approximate surface area is 128 Å². The highest BCUT2D eigenvalue weighted by atomic mass is 16.5. The molecule has 3 heteroatoms. The molecule has 3 nitrogen and oxygen atoms in total. The molecule has 0 radical (unpaired) electrons. The van der Waals surface area contributed by atoms with Crippen LogP contribution in [0.25, 0.3) is 0 Å². The fourth-order valence-corrected chi connectivity index (χ4v) is 4.26. The van der Waals surface area contributed by atoms with E-state index in [0.717, 1.165) is 24.8 Å². The lowest BCUT2D eigenvalue weighted by molar-refractivity contribution is 0.101. The van der Waals surface area contributed by atoms with E-state index in [1.54, 1.807) is 7.11 Å². The molecule has 0 bridgehead atoms. The van der Waals surface area contributed by atoms with Crippen molar-refractivity contribution in [2.75, 3.05) is 13.7 Å². The topological polar surface area (TPSA) is 38.5 Å². The van der Waals surface area contributed by atoms with Crippen LogP contribution in [0.3, 0.4) is 0 Å². The second kappa shape index (κ2) is 6.37. The number of hydrogen-bond donors (Lipinski definition) is 1. The monoisotopic (exact) mass is 288 g/mol. The number of nitrogens with two attached hydrogens (primary N) is 1. The molecular weight excluding hydrogens is 260 g/mol. The van der Waals surface area contributed by atoms with Crippen molar-refractivity contribution in [2.24, 2.45) is 5.73 Å². The van der Waals surface area contributed by atoms with E-state index < -0.39 is 0 Å². The largest absolute Gasteiger partial charge is 0.497 e. The van der Waals surface area contributed by atoms with Crippen molar-refractivity contribution in [2.45, 2.75) is 63.6 Å². The lowest BCUT2D eigenvalue weighted by Gasteiger charge is -2.39. The number of nitrogens with zero attached hydrogens (tertiary/aromatic N) is 1. The van der Waals surface area contributed by atoms with Crippen LogP contribution in [-0.4, -0.2) is 30.6 Å². The molecule has 2 unspecified atom stereocenters. The average molecular weight is 288 g/mol. The number of likely N-dealkylation sites (N-methyl/N-ethyl adjacent to an activating group) is 1. The molecule has 2 atom stereocenters. The minimum Gasteiger partial charge on any atom is -0.497 e. The molecule has 116 valence electrons. The first kappa shape index (κ1) is 14.9. The van der Waals surface area contributed by atoms with Crippen molar-refractivity contribution in [3.63, 3.8) is 0 Å². The summed E-state index contributed by atoms with van der Waals surface area (Å²) < 4.78 is 5.36. The zero-order chi connectivity index (χ0) is 14.8. The number of hydrogen-bond acceptors (Lipinski definition) is 3. The van der Waals surface area contributed by atoms with Gasteiger partial charge in [0.2, 0.25) is 0 Å². The predicted octanol–water partition coefficient (Wildman–Crippen LogP) is 3.27. The van der Waals surface area contributed by atoms with Gasteiger partial charge in [-0.15, -0.1) is 0 Å². The number of methoxy groups -OCH3 is 1. The SMILES string of the molecule is CCN(C1CCCCC1)C1Cc2ccc(OC)cc2C1N. The summed E-state index contributed by atoms with van der Waals surface area (Å²) >= 11 is 0. The summed E-state index contributed by atoms with van der Waals surface area (Å²) in [4.78, 5) is 2.68. The van der Waals surface area contributed by atoms with Crippen molar-refractivity contribution in [1.29, 1.82) is 0 Å². The quantitative estimate of drug-likeness (QED) is 0.924. The van der Waals surface area contributed by atoms with Gasteiger partial charge in [0.1, 0.15) is 5.75 Å². The lowest BCUT2D eigenvalue weighted by atomic mass is 9.92. The van der Waals surface area contributed by atoms with Crippen LogP contribution < -0.4 is 10.5 Å². The van der Waals surface area contributed by atoms with Gasteiger partial charge in [-0.05, 0) is 49.1 Å². The highest BCUT2D eigenvalue weighted by molar-refractivity contribution is 5.42. The molecular formula is C18H28N2O. The number of rotatable bonds is 4. The van der Waals surface area contributed by atoms with Crippen molar-refractivity contribution < 1.29 is 4.74 Å². The Morgan fingerprint density at radius 1 is 1.24 bits per heavy atom. The number of ether oxygens (including phenoxy) is 1. The van der Waals surface area contributed by atoms with E-state index in [9.17, 15) is 0 Å². The summed E-state index contributed by atoms with van der Waals surface area (Å²) in [6.45, 7) is 3.39. The lowest BCUT2D eigenvalue weighted by Crippen LogP contribution is -2.47. The first-order valence-corrected chi connectivity index (χ1v) is 8.42. The normalized spacial score (nSPS) is 26.1. The standard InChI is InChI=1S/C18H28N2O/c1-3-20(14-7-5-4-6-8-14)17-11-13-9-10-15(21-2)12-16(13)18(17)19/h9-10,12,14,17-18H,3-8,11,19H2,1-2H3. The van der Waals surface area contributed by atoms with Gasteiger partial charge in [-0.1, -0.05) is 32.3 Å². The van der Waals surface area contributed by atoms with Gasteiger partial charge in [0.25, 0.3) is 0 Å². The summed E-state index contributed by atoms with van der Waals surface area (Å²) in [7, 11) is 1.72. The molecule has 0 saturated heterocycles. The molecule has 0 aliphatic heterocycles. The minimum atomic E-state index is 0.122. The molecule has 2 aliphatic carbocycles. The Morgan fingerprint density at radius 2 is 2.00 bits per heavy atom. The number of fused-ring (bicyclic) bond motifs is 1. The van der Waals surface area contributed by atoms with E-state index in [1.807, 2.05) is 0 Å². The van der Waals surface area contributed by atoms with Gasteiger partial charge in [-0.2, -0.15) is 0 Å². The Kier molecular flexibility index (Phi) is 4.51. The summed E-state index contributed by atoms with van der Waals surface area (Å²) in [5, 5.41) is 0. The van der Waals surface area contributed by atoms with Crippen LogP contribution in [0, 0.1) is 0 Å². The van der Waals surface area contributed by atoms with E-state index in [-0.39, 0.29) is 6.04 Å². The first-order chi connectivity index (χ1) is 10.2. The third kappa shape index (κ3) is 2.82. The van der Waals surface area contributed by atoms with E-state index in [2.05, 4.69) is 30.0 Å². The Hall–Kier alpha value is -1.06. The zero-order valence-corrected chi connectivity index (χ0v) is 13.3. The van der Waals surface area contributed by atoms with E-state index in [1.165, 1.54) is 43.2 Å². The highest BCUT2D eigenvalue weighted by Gasteiger charge is 2.36. The van der Waals surface area contributed by atoms with Crippen molar-refractivity contribution in [3.8, 4) is 5.75 Å². The van der Waals surface area contributed by atoms with Crippen LogP contribution in [0.15, 0.2) is 18.2 Å². The average Bonchev–Trinajstić information content (AvgIpc) is 2.86. The molecule has 0 amide bonds. The van der Waals surface area contributed by atoms with Gasteiger partial charge in [-0.25, -0.2) is 0 Å². The third-order valence-electron chi connectivity index (χ3n) is 5.39. The van der Waals surface area contributed by atoms with Crippen molar-refractivity contribution in [1.82, 2.24) is 4.90 Å².